The fourth-order valence-corrected chi connectivity index (χ4v) is 2.40. The molecule has 2 aromatic rings. The molecule has 1 heterocycles. The molecule has 0 aliphatic carbocycles. The van der Waals surface area contributed by atoms with Crippen molar-refractivity contribution in [3.8, 4) is 0 Å². The zero-order chi connectivity index (χ0) is 11.7. The molecule has 0 saturated carbocycles. The van der Waals surface area contributed by atoms with Gasteiger partial charge in [-0.2, -0.15) is 0 Å². The molecule has 0 radical (unpaired) electrons. The predicted molar refractivity (Wildman–Crippen MR) is 61.4 cm³/mol. The van der Waals surface area contributed by atoms with E-state index < -0.39 is 17.7 Å². The maximum Gasteiger partial charge on any atom is 0.126 e. The van der Waals surface area contributed by atoms with Crippen molar-refractivity contribution in [2.24, 2.45) is 5.73 Å². The van der Waals surface area contributed by atoms with Gasteiger partial charge in [0.2, 0.25) is 0 Å². The molecule has 1 aromatic heterocycles. The van der Waals surface area contributed by atoms with Crippen LogP contribution in [0.15, 0.2) is 29.6 Å². The molecular formula is C12H11F2NS. The van der Waals surface area contributed by atoms with Crippen LogP contribution in [0.1, 0.15) is 22.0 Å². The van der Waals surface area contributed by atoms with Gasteiger partial charge in [0.05, 0.1) is 6.04 Å². The van der Waals surface area contributed by atoms with Gasteiger partial charge in [0, 0.05) is 10.9 Å². The average Bonchev–Trinajstić information content (AvgIpc) is 2.62. The van der Waals surface area contributed by atoms with Gasteiger partial charge in [0.15, 0.2) is 0 Å². The standard InChI is InChI=1S/C12H11F2NS/c1-7-11(2-3-16-7)12(15)8-4-9(13)6-10(14)5-8/h2-6,12H,15H2,1H3. The van der Waals surface area contributed by atoms with E-state index in [2.05, 4.69) is 0 Å². The first kappa shape index (κ1) is 11.2. The summed E-state index contributed by atoms with van der Waals surface area (Å²) in [5.41, 5.74) is 7.34. The van der Waals surface area contributed by atoms with Crippen molar-refractivity contribution < 1.29 is 8.78 Å². The Hall–Kier alpha value is -1.26. The highest BCUT2D eigenvalue weighted by molar-refractivity contribution is 7.10. The van der Waals surface area contributed by atoms with Crippen molar-refractivity contribution in [2.75, 3.05) is 0 Å². The van der Waals surface area contributed by atoms with Crippen LogP contribution in [0, 0.1) is 18.6 Å². The lowest BCUT2D eigenvalue weighted by molar-refractivity contribution is 0.577. The third kappa shape index (κ3) is 2.13. The van der Waals surface area contributed by atoms with Crippen molar-refractivity contribution >= 4 is 11.3 Å². The Morgan fingerprint density at radius 1 is 1.19 bits per heavy atom. The predicted octanol–water partition coefficient (Wildman–Crippen LogP) is 3.38. The Kier molecular flexibility index (Phi) is 3.03. The fraction of sp³-hybridized carbons (Fsp3) is 0.167. The monoisotopic (exact) mass is 239 g/mol. The van der Waals surface area contributed by atoms with Gasteiger partial charge < -0.3 is 5.73 Å². The number of hydrogen-bond donors (Lipinski definition) is 1. The molecule has 1 unspecified atom stereocenters. The summed E-state index contributed by atoms with van der Waals surface area (Å²) < 4.78 is 26.1. The van der Waals surface area contributed by atoms with E-state index in [9.17, 15) is 8.78 Å². The van der Waals surface area contributed by atoms with Gasteiger partial charge in [0.25, 0.3) is 0 Å². The molecule has 0 aliphatic rings. The molecular weight excluding hydrogens is 228 g/mol. The molecule has 1 nitrogen and oxygen atoms in total. The number of benzene rings is 1. The van der Waals surface area contributed by atoms with Crippen LogP contribution in [0.2, 0.25) is 0 Å². The lowest BCUT2D eigenvalue weighted by Crippen LogP contribution is -2.12. The highest BCUT2D eigenvalue weighted by Gasteiger charge is 2.14. The molecule has 2 N–H and O–H groups in total. The summed E-state index contributed by atoms with van der Waals surface area (Å²) in [6, 6.07) is 4.79. The number of aryl methyl sites for hydroxylation is 1. The second-order valence-electron chi connectivity index (χ2n) is 3.61. The lowest BCUT2D eigenvalue weighted by atomic mass is 10.0. The number of rotatable bonds is 2. The van der Waals surface area contributed by atoms with E-state index in [4.69, 9.17) is 5.73 Å². The van der Waals surface area contributed by atoms with E-state index in [1.54, 1.807) is 11.3 Å². The summed E-state index contributed by atoms with van der Waals surface area (Å²) in [6.45, 7) is 1.94. The minimum atomic E-state index is -0.599. The van der Waals surface area contributed by atoms with Crippen molar-refractivity contribution in [2.45, 2.75) is 13.0 Å². The Labute approximate surface area is 96.5 Å². The van der Waals surface area contributed by atoms with Crippen molar-refractivity contribution in [1.29, 1.82) is 0 Å². The largest absolute Gasteiger partial charge is 0.320 e. The normalized spacial score (nSPS) is 12.8. The molecule has 16 heavy (non-hydrogen) atoms. The van der Waals surface area contributed by atoms with E-state index >= 15 is 0 Å². The minimum Gasteiger partial charge on any atom is -0.320 e. The van der Waals surface area contributed by atoms with Crippen LogP contribution in [-0.2, 0) is 0 Å². The first-order valence-corrected chi connectivity index (χ1v) is 5.71. The molecule has 0 bridgehead atoms. The maximum absolute atomic E-state index is 13.0. The van der Waals surface area contributed by atoms with Gasteiger partial charge in [-0.25, -0.2) is 8.78 Å². The third-order valence-corrected chi connectivity index (χ3v) is 3.34. The van der Waals surface area contributed by atoms with Crippen molar-refractivity contribution in [1.82, 2.24) is 0 Å². The fourth-order valence-electron chi connectivity index (χ4n) is 1.65. The van der Waals surface area contributed by atoms with Gasteiger partial charge in [-0.1, -0.05) is 0 Å². The van der Waals surface area contributed by atoms with Crippen molar-refractivity contribution in [3.63, 3.8) is 0 Å². The van der Waals surface area contributed by atoms with E-state index in [1.165, 1.54) is 12.1 Å². The van der Waals surface area contributed by atoms with Crippen LogP contribution in [0.3, 0.4) is 0 Å². The highest BCUT2D eigenvalue weighted by atomic mass is 32.1. The number of hydrogen-bond acceptors (Lipinski definition) is 2. The van der Waals surface area contributed by atoms with E-state index in [0.29, 0.717) is 5.56 Å². The van der Waals surface area contributed by atoms with E-state index in [0.717, 1.165) is 16.5 Å². The van der Waals surface area contributed by atoms with Crippen molar-refractivity contribution in [3.05, 3.63) is 57.3 Å². The summed E-state index contributed by atoms with van der Waals surface area (Å²) in [6.07, 6.45) is 0. The molecule has 1 atom stereocenters. The molecule has 0 spiro atoms. The average molecular weight is 239 g/mol. The van der Waals surface area contributed by atoms with Crippen LogP contribution in [0.4, 0.5) is 8.78 Å². The quantitative estimate of drug-likeness (QED) is 0.854. The van der Waals surface area contributed by atoms with Gasteiger partial charge >= 0.3 is 0 Å². The number of halogens is 2. The Morgan fingerprint density at radius 3 is 2.31 bits per heavy atom. The van der Waals surface area contributed by atoms with Crippen LogP contribution >= 0.6 is 11.3 Å². The maximum atomic E-state index is 13.0. The molecule has 0 aliphatic heterocycles. The van der Waals surface area contributed by atoms with E-state index in [-0.39, 0.29) is 0 Å². The summed E-state index contributed by atoms with van der Waals surface area (Å²) in [5.74, 6) is -1.20. The van der Waals surface area contributed by atoms with Crippen LogP contribution in [0.5, 0.6) is 0 Å². The topological polar surface area (TPSA) is 26.0 Å². The zero-order valence-corrected chi connectivity index (χ0v) is 9.52. The van der Waals surface area contributed by atoms with Gasteiger partial charge in [-0.15, -0.1) is 11.3 Å². The van der Waals surface area contributed by atoms with Crippen LogP contribution in [-0.4, -0.2) is 0 Å². The number of thiophene rings is 1. The van der Waals surface area contributed by atoms with Gasteiger partial charge in [-0.3, -0.25) is 0 Å². The lowest BCUT2D eigenvalue weighted by Gasteiger charge is -2.12. The zero-order valence-electron chi connectivity index (χ0n) is 8.71. The SMILES string of the molecule is Cc1sccc1C(N)c1cc(F)cc(F)c1. The Morgan fingerprint density at radius 2 is 1.81 bits per heavy atom. The first-order chi connectivity index (χ1) is 7.58. The molecule has 2 rings (SSSR count). The Balaban J connectivity index is 2.41. The minimum absolute atomic E-state index is 0.457. The van der Waals surface area contributed by atoms with E-state index in [1.807, 2.05) is 18.4 Å². The smallest absolute Gasteiger partial charge is 0.126 e. The Bertz CT molecular complexity index is 487. The molecule has 0 fully saturated rings. The summed E-state index contributed by atoms with van der Waals surface area (Å²) >= 11 is 1.57. The molecule has 0 saturated heterocycles. The summed E-state index contributed by atoms with van der Waals surface area (Å²) in [4.78, 5) is 1.07. The third-order valence-electron chi connectivity index (χ3n) is 2.48. The molecule has 1 aromatic carbocycles. The van der Waals surface area contributed by atoms with Gasteiger partial charge in [-0.05, 0) is 41.6 Å². The van der Waals surface area contributed by atoms with Crippen LogP contribution in [0.25, 0.3) is 0 Å². The van der Waals surface area contributed by atoms with Gasteiger partial charge in [0.1, 0.15) is 11.6 Å². The molecule has 84 valence electrons. The molecule has 0 amide bonds. The second kappa shape index (κ2) is 4.31. The summed E-state index contributed by atoms with van der Waals surface area (Å²) in [7, 11) is 0. The number of nitrogens with two attached hydrogens (primary N) is 1. The molecule has 4 heteroatoms. The highest BCUT2D eigenvalue weighted by Crippen LogP contribution is 2.26. The second-order valence-corrected chi connectivity index (χ2v) is 4.73. The first-order valence-electron chi connectivity index (χ1n) is 4.83. The van der Waals surface area contributed by atoms with Crippen LogP contribution < -0.4 is 5.73 Å². The summed E-state index contributed by atoms with van der Waals surface area (Å²) in [5, 5.41) is 1.92.